The molecule has 0 radical (unpaired) electrons. The van der Waals surface area contributed by atoms with Gasteiger partial charge in [-0.15, -0.1) is 10.2 Å². The van der Waals surface area contributed by atoms with Gasteiger partial charge in [0.15, 0.2) is 16.7 Å². The van der Waals surface area contributed by atoms with Crippen molar-refractivity contribution in [3.63, 3.8) is 0 Å². The molecule has 0 saturated heterocycles. The highest BCUT2D eigenvalue weighted by atomic mass is 32.2. The number of ketones is 1. The van der Waals surface area contributed by atoms with Crippen LogP contribution in [0.25, 0.3) is 11.6 Å². The molecule has 0 spiro atoms. The maximum atomic E-state index is 12.4. The maximum Gasteiger partial charge on any atom is 0.200 e. The second kappa shape index (κ2) is 8.68. The highest BCUT2D eigenvalue weighted by molar-refractivity contribution is 7.99. The van der Waals surface area contributed by atoms with Crippen molar-refractivity contribution in [3.8, 4) is 17.3 Å². The number of ether oxygens (including phenoxy) is 2. The average Bonchev–Trinajstić information content (AvgIpc) is 3.34. The average molecular weight is 373 g/mol. The van der Waals surface area contributed by atoms with Gasteiger partial charge in [0.25, 0.3) is 0 Å². The van der Waals surface area contributed by atoms with Gasteiger partial charge in [-0.25, -0.2) is 0 Å². The molecule has 1 aromatic carbocycles. The summed E-state index contributed by atoms with van der Waals surface area (Å²) in [5, 5.41) is 9.05. The van der Waals surface area contributed by atoms with Gasteiger partial charge < -0.3 is 13.9 Å². The van der Waals surface area contributed by atoms with E-state index in [1.54, 1.807) is 50.8 Å². The van der Waals surface area contributed by atoms with Gasteiger partial charge in [0.05, 0.1) is 32.3 Å². The lowest BCUT2D eigenvalue weighted by molar-refractivity contribution is 0.102. The minimum Gasteiger partial charge on any atom is -0.497 e. The van der Waals surface area contributed by atoms with E-state index in [0.29, 0.717) is 35.5 Å². The van der Waals surface area contributed by atoms with Gasteiger partial charge in [0.1, 0.15) is 5.75 Å². The highest BCUT2D eigenvalue weighted by Gasteiger charge is 2.17. The molecule has 3 rings (SSSR count). The van der Waals surface area contributed by atoms with E-state index >= 15 is 0 Å². The van der Waals surface area contributed by atoms with E-state index in [4.69, 9.17) is 13.9 Å². The lowest BCUT2D eigenvalue weighted by atomic mass is 10.1. The molecule has 2 heterocycles. The normalized spacial score (nSPS) is 10.8. The summed E-state index contributed by atoms with van der Waals surface area (Å²) in [6, 6.07) is 10.7. The molecular weight excluding hydrogens is 354 g/mol. The number of carbonyl (C=O) groups excluding carboxylic acids is 1. The van der Waals surface area contributed by atoms with Gasteiger partial charge in [-0.05, 0) is 36.4 Å². The van der Waals surface area contributed by atoms with Gasteiger partial charge in [0.2, 0.25) is 5.82 Å². The predicted octanol–water partition coefficient (Wildman–Crippen LogP) is 3.17. The first-order valence-electron chi connectivity index (χ1n) is 7.99. The molecule has 26 heavy (non-hydrogen) atoms. The SMILES string of the molecule is COCCn1c(SCC(=O)c2ccc(OC)cc2)nnc1-c1ccco1. The Balaban J connectivity index is 1.73. The van der Waals surface area contributed by atoms with Crippen LogP contribution in [0.2, 0.25) is 0 Å². The molecule has 0 fully saturated rings. The van der Waals surface area contributed by atoms with Crippen LogP contribution in [-0.4, -0.2) is 47.1 Å². The molecular formula is C18H19N3O4S. The van der Waals surface area contributed by atoms with Crippen LogP contribution in [0.15, 0.2) is 52.2 Å². The van der Waals surface area contributed by atoms with Crippen LogP contribution in [-0.2, 0) is 11.3 Å². The number of thioether (sulfide) groups is 1. The molecule has 0 aliphatic rings. The molecule has 0 atom stereocenters. The molecule has 8 heteroatoms. The summed E-state index contributed by atoms with van der Waals surface area (Å²) < 4.78 is 17.6. The first kappa shape index (κ1) is 18.2. The van der Waals surface area contributed by atoms with Crippen LogP contribution in [0.5, 0.6) is 5.75 Å². The molecule has 7 nitrogen and oxygen atoms in total. The first-order valence-corrected chi connectivity index (χ1v) is 8.97. The predicted molar refractivity (Wildman–Crippen MR) is 97.6 cm³/mol. The number of benzene rings is 1. The summed E-state index contributed by atoms with van der Waals surface area (Å²) in [6.07, 6.45) is 1.59. The van der Waals surface area contributed by atoms with Crippen LogP contribution in [0.1, 0.15) is 10.4 Å². The first-order chi connectivity index (χ1) is 12.7. The number of nitrogens with zero attached hydrogens (tertiary/aromatic N) is 3. The molecule has 0 aliphatic heterocycles. The lowest BCUT2D eigenvalue weighted by Crippen LogP contribution is -2.09. The van der Waals surface area contributed by atoms with E-state index < -0.39 is 0 Å². The fraction of sp³-hybridized carbons (Fsp3) is 0.278. The van der Waals surface area contributed by atoms with Gasteiger partial charge in [-0.2, -0.15) is 0 Å². The van der Waals surface area contributed by atoms with E-state index in [9.17, 15) is 4.79 Å². The van der Waals surface area contributed by atoms with Crippen LogP contribution >= 0.6 is 11.8 Å². The minimum absolute atomic E-state index is 0.0125. The number of hydrogen-bond donors (Lipinski definition) is 0. The topological polar surface area (TPSA) is 79.4 Å². The number of hydrogen-bond acceptors (Lipinski definition) is 7. The van der Waals surface area contributed by atoms with Crippen molar-refractivity contribution in [2.75, 3.05) is 26.6 Å². The maximum absolute atomic E-state index is 12.4. The zero-order chi connectivity index (χ0) is 18.4. The van der Waals surface area contributed by atoms with Crippen molar-refractivity contribution in [1.82, 2.24) is 14.8 Å². The third kappa shape index (κ3) is 4.14. The second-order valence-electron chi connectivity index (χ2n) is 5.37. The largest absolute Gasteiger partial charge is 0.497 e. The molecule has 0 unspecified atom stereocenters. The van der Waals surface area contributed by atoms with Crippen LogP contribution in [0.4, 0.5) is 0 Å². The zero-order valence-electron chi connectivity index (χ0n) is 14.5. The molecule has 3 aromatic rings. The molecule has 0 N–H and O–H groups in total. The zero-order valence-corrected chi connectivity index (χ0v) is 15.4. The Labute approximate surface area is 155 Å². The Morgan fingerprint density at radius 2 is 2.00 bits per heavy atom. The summed E-state index contributed by atoms with van der Waals surface area (Å²) in [5.74, 6) is 2.23. The van der Waals surface area contributed by atoms with Crippen molar-refractivity contribution in [2.24, 2.45) is 0 Å². The Hall–Kier alpha value is -2.58. The van der Waals surface area contributed by atoms with Gasteiger partial charge in [0, 0.05) is 12.7 Å². The Kier molecular flexibility index (Phi) is 6.08. The number of methoxy groups -OCH3 is 2. The van der Waals surface area contributed by atoms with Gasteiger partial charge in [-0.1, -0.05) is 11.8 Å². The monoisotopic (exact) mass is 373 g/mol. The fourth-order valence-corrected chi connectivity index (χ4v) is 3.22. The summed E-state index contributed by atoms with van der Waals surface area (Å²) in [7, 11) is 3.23. The quantitative estimate of drug-likeness (QED) is 0.421. The molecule has 2 aromatic heterocycles. The van der Waals surface area contributed by atoms with E-state index in [0.717, 1.165) is 5.75 Å². The van der Waals surface area contributed by atoms with E-state index in [1.807, 2.05) is 10.6 Å². The summed E-state index contributed by atoms with van der Waals surface area (Å²) in [4.78, 5) is 12.4. The van der Waals surface area contributed by atoms with Crippen LogP contribution in [0.3, 0.4) is 0 Å². The third-order valence-electron chi connectivity index (χ3n) is 3.72. The number of Topliss-reactive ketones (excluding diaryl/α,β-unsaturated/α-hetero) is 1. The van der Waals surface area contributed by atoms with Crippen molar-refractivity contribution in [1.29, 1.82) is 0 Å². The summed E-state index contributed by atoms with van der Waals surface area (Å²) >= 11 is 1.34. The molecule has 0 aliphatic carbocycles. The Morgan fingerprint density at radius 1 is 1.19 bits per heavy atom. The fourth-order valence-electron chi connectivity index (χ4n) is 2.36. The van der Waals surface area contributed by atoms with Crippen LogP contribution in [0, 0.1) is 0 Å². The highest BCUT2D eigenvalue weighted by Crippen LogP contribution is 2.25. The van der Waals surface area contributed by atoms with E-state index in [2.05, 4.69) is 10.2 Å². The van der Waals surface area contributed by atoms with Gasteiger partial charge >= 0.3 is 0 Å². The lowest BCUT2D eigenvalue weighted by Gasteiger charge is -2.08. The minimum atomic E-state index is 0.0125. The molecule has 0 bridgehead atoms. The van der Waals surface area contributed by atoms with E-state index in [-0.39, 0.29) is 11.5 Å². The molecule has 0 amide bonds. The summed E-state index contributed by atoms with van der Waals surface area (Å²) in [5.41, 5.74) is 0.632. The van der Waals surface area contributed by atoms with Crippen LogP contribution < -0.4 is 4.74 Å². The van der Waals surface area contributed by atoms with Crippen molar-refractivity contribution >= 4 is 17.5 Å². The molecule has 136 valence electrons. The van der Waals surface area contributed by atoms with Crippen molar-refractivity contribution in [2.45, 2.75) is 11.7 Å². The van der Waals surface area contributed by atoms with Crippen molar-refractivity contribution < 1.29 is 18.7 Å². The Morgan fingerprint density at radius 3 is 2.65 bits per heavy atom. The second-order valence-corrected chi connectivity index (χ2v) is 6.31. The summed E-state index contributed by atoms with van der Waals surface area (Å²) in [6.45, 7) is 1.07. The number of aromatic nitrogens is 3. The Bertz CT molecular complexity index is 844. The van der Waals surface area contributed by atoms with Crippen molar-refractivity contribution in [3.05, 3.63) is 48.2 Å². The standard InChI is InChI=1S/C18H19N3O4S/c1-23-11-9-21-17(16-4-3-10-25-16)19-20-18(21)26-12-15(22)13-5-7-14(24-2)8-6-13/h3-8,10H,9,11-12H2,1-2H3. The third-order valence-corrected chi connectivity index (χ3v) is 4.69. The molecule has 0 saturated carbocycles. The number of carbonyl (C=O) groups is 1. The van der Waals surface area contributed by atoms with E-state index in [1.165, 1.54) is 11.8 Å². The van der Waals surface area contributed by atoms with Gasteiger partial charge in [-0.3, -0.25) is 9.36 Å². The smallest absolute Gasteiger partial charge is 0.200 e. The number of furan rings is 1. The number of rotatable bonds is 9.